The zero-order chi connectivity index (χ0) is 16.7. The van der Waals surface area contributed by atoms with Gasteiger partial charge in [0.25, 0.3) is 0 Å². The van der Waals surface area contributed by atoms with Crippen LogP contribution in [0.4, 0.5) is 5.13 Å². The molecule has 138 valence electrons. The summed E-state index contributed by atoms with van der Waals surface area (Å²) in [5, 5.41) is 10.1. The summed E-state index contributed by atoms with van der Waals surface area (Å²) in [6.45, 7) is 5.93. The van der Waals surface area contributed by atoms with Crippen LogP contribution in [0.25, 0.3) is 0 Å². The van der Waals surface area contributed by atoms with Gasteiger partial charge in [-0.05, 0) is 25.7 Å². The first kappa shape index (κ1) is 21.5. The standard InChI is InChI=1S/C17H31N5S.HI/c1-5-13-8-7-9-14(10-13)20-16(18-6-2)19-11-15-12-23-17(21-15)22(3)4;/h12-14H,5-11H2,1-4H3,(H2,18,19,20);1H. The molecule has 0 spiro atoms. The van der Waals surface area contributed by atoms with Gasteiger partial charge in [0, 0.05) is 32.1 Å². The zero-order valence-corrected chi connectivity index (χ0v) is 18.5. The van der Waals surface area contributed by atoms with Crippen LogP contribution in [0, 0.1) is 5.92 Å². The van der Waals surface area contributed by atoms with Gasteiger partial charge < -0.3 is 15.5 Å². The van der Waals surface area contributed by atoms with Gasteiger partial charge in [0.1, 0.15) is 0 Å². The van der Waals surface area contributed by atoms with E-state index in [4.69, 9.17) is 4.99 Å². The van der Waals surface area contributed by atoms with Gasteiger partial charge in [-0.1, -0.05) is 26.2 Å². The molecule has 2 rings (SSSR count). The molecule has 0 bridgehead atoms. The Balaban J connectivity index is 0.00000288. The van der Waals surface area contributed by atoms with Crippen LogP contribution in [0.1, 0.15) is 51.6 Å². The Bertz CT molecular complexity index is 503. The number of thiazole rings is 1. The molecule has 0 aromatic carbocycles. The van der Waals surface area contributed by atoms with E-state index in [0.717, 1.165) is 29.2 Å². The fraction of sp³-hybridized carbons (Fsp3) is 0.765. The molecule has 0 amide bonds. The lowest BCUT2D eigenvalue weighted by Gasteiger charge is -2.30. The van der Waals surface area contributed by atoms with Crippen LogP contribution in [0.15, 0.2) is 10.4 Å². The normalized spacial score (nSPS) is 21.1. The Morgan fingerprint density at radius 1 is 1.38 bits per heavy atom. The van der Waals surface area contributed by atoms with Crippen molar-refractivity contribution in [1.29, 1.82) is 0 Å². The van der Waals surface area contributed by atoms with Crippen LogP contribution < -0.4 is 15.5 Å². The highest BCUT2D eigenvalue weighted by atomic mass is 127. The van der Waals surface area contributed by atoms with Crippen LogP contribution in [-0.2, 0) is 6.54 Å². The molecular weight excluding hydrogens is 433 g/mol. The van der Waals surface area contributed by atoms with Gasteiger partial charge in [0.05, 0.1) is 12.2 Å². The summed E-state index contributed by atoms with van der Waals surface area (Å²) < 4.78 is 0. The van der Waals surface area contributed by atoms with E-state index in [0.29, 0.717) is 12.6 Å². The number of anilines is 1. The third-order valence-electron chi connectivity index (χ3n) is 4.37. The van der Waals surface area contributed by atoms with Gasteiger partial charge in [0.15, 0.2) is 11.1 Å². The summed E-state index contributed by atoms with van der Waals surface area (Å²) in [4.78, 5) is 11.4. The molecule has 1 aliphatic rings. The monoisotopic (exact) mass is 465 g/mol. The summed E-state index contributed by atoms with van der Waals surface area (Å²) in [5.74, 6) is 1.79. The molecule has 1 heterocycles. The lowest BCUT2D eigenvalue weighted by Crippen LogP contribution is -2.45. The summed E-state index contributed by atoms with van der Waals surface area (Å²) in [6.07, 6.45) is 6.52. The van der Waals surface area contributed by atoms with Gasteiger partial charge in [-0.2, -0.15) is 0 Å². The fourth-order valence-corrected chi connectivity index (χ4v) is 3.79. The Labute approximate surface area is 167 Å². The van der Waals surface area contributed by atoms with Crippen molar-refractivity contribution in [1.82, 2.24) is 15.6 Å². The van der Waals surface area contributed by atoms with Crippen molar-refractivity contribution in [3.05, 3.63) is 11.1 Å². The third kappa shape index (κ3) is 6.74. The minimum atomic E-state index is 0. The number of halogens is 1. The summed E-state index contributed by atoms with van der Waals surface area (Å²) in [6, 6.07) is 0.555. The number of nitrogens with zero attached hydrogens (tertiary/aromatic N) is 3. The molecule has 1 aliphatic carbocycles. The first-order valence-corrected chi connectivity index (χ1v) is 9.66. The van der Waals surface area contributed by atoms with Gasteiger partial charge in [-0.15, -0.1) is 35.3 Å². The number of hydrogen-bond donors (Lipinski definition) is 2. The first-order chi connectivity index (χ1) is 11.1. The van der Waals surface area contributed by atoms with E-state index in [-0.39, 0.29) is 24.0 Å². The highest BCUT2D eigenvalue weighted by molar-refractivity contribution is 14.0. The minimum Gasteiger partial charge on any atom is -0.357 e. The zero-order valence-electron chi connectivity index (χ0n) is 15.3. The van der Waals surface area contributed by atoms with Crippen LogP contribution in [-0.4, -0.2) is 37.6 Å². The van der Waals surface area contributed by atoms with E-state index in [1.807, 2.05) is 19.0 Å². The third-order valence-corrected chi connectivity index (χ3v) is 5.42. The molecule has 0 radical (unpaired) electrons. The molecule has 1 aromatic heterocycles. The maximum absolute atomic E-state index is 4.72. The van der Waals surface area contributed by atoms with Gasteiger partial charge >= 0.3 is 0 Å². The smallest absolute Gasteiger partial charge is 0.191 e. The number of aromatic nitrogens is 1. The number of nitrogens with one attached hydrogen (secondary N) is 2. The molecule has 1 fully saturated rings. The molecule has 7 heteroatoms. The van der Waals surface area contributed by atoms with Gasteiger partial charge in [-0.25, -0.2) is 9.98 Å². The summed E-state index contributed by atoms with van der Waals surface area (Å²) in [5.41, 5.74) is 1.03. The predicted molar refractivity (Wildman–Crippen MR) is 116 cm³/mol. The lowest BCUT2D eigenvalue weighted by atomic mass is 9.84. The number of hydrogen-bond acceptors (Lipinski definition) is 4. The van der Waals surface area contributed by atoms with Crippen LogP contribution in [0.2, 0.25) is 0 Å². The van der Waals surface area contributed by atoms with E-state index < -0.39 is 0 Å². The average Bonchev–Trinajstić information content (AvgIpc) is 3.02. The molecule has 2 atom stereocenters. The Morgan fingerprint density at radius 2 is 2.17 bits per heavy atom. The van der Waals surface area contributed by atoms with E-state index in [2.05, 4.69) is 34.8 Å². The van der Waals surface area contributed by atoms with E-state index in [9.17, 15) is 0 Å². The van der Waals surface area contributed by atoms with Crippen LogP contribution in [0.3, 0.4) is 0 Å². The van der Waals surface area contributed by atoms with Crippen LogP contribution >= 0.6 is 35.3 Å². The van der Waals surface area contributed by atoms with E-state index >= 15 is 0 Å². The van der Waals surface area contributed by atoms with Gasteiger partial charge in [-0.3, -0.25) is 0 Å². The maximum atomic E-state index is 4.72. The van der Waals surface area contributed by atoms with Gasteiger partial charge in [0.2, 0.25) is 0 Å². The highest BCUT2D eigenvalue weighted by Crippen LogP contribution is 2.26. The minimum absolute atomic E-state index is 0. The molecule has 24 heavy (non-hydrogen) atoms. The molecule has 2 N–H and O–H groups in total. The molecule has 2 unspecified atom stereocenters. The Kier molecular flexibility index (Phi) is 9.95. The Hall–Kier alpha value is -0.570. The largest absolute Gasteiger partial charge is 0.357 e. The summed E-state index contributed by atoms with van der Waals surface area (Å²) >= 11 is 1.67. The highest BCUT2D eigenvalue weighted by Gasteiger charge is 2.21. The van der Waals surface area contributed by atoms with Crippen molar-refractivity contribution >= 4 is 46.4 Å². The SMILES string of the molecule is CCNC(=NCc1csc(N(C)C)n1)NC1CCCC(CC)C1.I. The van der Waals surface area contributed by atoms with Crippen molar-refractivity contribution in [3.63, 3.8) is 0 Å². The van der Waals surface area contributed by atoms with Crippen molar-refractivity contribution in [3.8, 4) is 0 Å². The average molecular weight is 465 g/mol. The van der Waals surface area contributed by atoms with E-state index in [1.165, 1.54) is 32.1 Å². The number of rotatable bonds is 6. The second kappa shape index (κ2) is 11.1. The van der Waals surface area contributed by atoms with E-state index in [1.54, 1.807) is 11.3 Å². The van der Waals surface area contributed by atoms with Crippen molar-refractivity contribution < 1.29 is 0 Å². The molecule has 0 aliphatic heterocycles. The quantitative estimate of drug-likeness (QED) is 0.381. The molecule has 5 nitrogen and oxygen atoms in total. The number of guanidine groups is 1. The second-order valence-corrected chi connectivity index (χ2v) is 7.33. The van der Waals surface area contributed by atoms with Crippen molar-refractivity contribution in [2.24, 2.45) is 10.9 Å². The fourth-order valence-electron chi connectivity index (χ4n) is 3.04. The molecule has 1 aromatic rings. The molecule has 0 saturated heterocycles. The van der Waals surface area contributed by atoms with Crippen molar-refractivity contribution in [2.45, 2.75) is 58.5 Å². The first-order valence-electron chi connectivity index (χ1n) is 8.78. The van der Waals surface area contributed by atoms with Crippen LogP contribution in [0.5, 0.6) is 0 Å². The Morgan fingerprint density at radius 3 is 2.79 bits per heavy atom. The predicted octanol–water partition coefficient (Wildman–Crippen LogP) is 3.85. The topological polar surface area (TPSA) is 52.6 Å². The lowest BCUT2D eigenvalue weighted by molar-refractivity contribution is 0.298. The second-order valence-electron chi connectivity index (χ2n) is 6.49. The molecular formula is C17H32IN5S. The molecule has 1 saturated carbocycles. The number of aliphatic imine (C=N–C) groups is 1. The van der Waals surface area contributed by atoms with Crippen molar-refractivity contribution in [2.75, 3.05) is 25.5 Å². The maximum Gasteiger partial charge on any atom is 0.191 e. The summed E-state index contributed by atoms with van der Waals surface area (Å²) in [7, 11) is 4.04.